The van der Waals surface area contributed by atoms with E-state index in [4.69, 9.17) is 4.74 Å². The fourth-order valence-corrected chi connectivity index (χ4v) is 1.53. The summed E-state index contributed by atoms with van der Waals surface area (Å²) in [6.07, 6.45) is 7.23. The maximum atomic E-state index is 11.4. The first-order chi connectivity index (χ1) is 7.13. The highest BCUT2D eigenvalue weighted by atomic mass is 16.5. The van der Waals surface area contributed by atoms with Crippen LogP contribution < -0.4 is 0 Å². The molecule has 0 aromatic rings. The molecule has 0 aliphatic rings. The fourth-order valence-electron chi connectivity index (χ4n) is 1.53. The number of rotatable bonds is 8. The third kappa shape index (κ3) is 6.28. The van der Waals surface area contributed by atoms with Crippen LogP contribution in [0.5, 0.6) is 0 Å². The van der Waals surface area contributed by atoms with Crippen LogP contribution in [0.3, 0.4) is 0 Å². The van der Waals surface area contributed by atoms with Gasteiger partial charge in [-0.25, -0.2) is 0 Å². The smallest absolute Gasteiger partial charge is 0.323 e. The van der Waals surface area contributed by atoms with E-state index in [1.165, 1.54) is 7.11 Å². The Balaban J connectivity index is 3.76. The predicted molar refractivity (Wildman–Crippen MR) is 62.8 cm³/mol. The van der Waals surface area contributed by atoms with Crippen molar-refractivity contribution in [1.82, 2.24) is 4.90 Å². The summed E-state index contributed by atoms with van der Waals surface area (Å²) in [5, 5.41) is 0. The van der Waals surface area contributed by atoms with E-state index in [0.717, 1.165) is 32.1 Å². The van der Waals surface area contributed by atoms with Gasteiger partial charge in [0, 0.05) is 0 Å². The molecule has 0 amide bonds. The molecule has 0 heterocycles. The van der Waals surface area contributed by atoms with E-state index in [0.29, 0.717) is 0 Å². The average Bonchev–Trinajstić information content (AvgIpc) is 2.22. The zero-order valence-electron chi connectivity index (χ0n) is 10.2. The lowest BCUT2D eigenvalue weighted by atomic mass is 10.1. The van der Waals surface area contributed by atoms with Crippen molar-refractivity contribution >= 4 is 5.97 Å². The Morgan fingerprint density at radius 2 is 2.07 bits per heavy atom. The minimum absolute atomic E-state index is 0.0984. The van der Waals surface area contributed by atoms with Gasteiger partial charge < -0.3 is 4.74 Å². The second kappa shape index (κ2) is 8.48. The normalized spacial score (nSPS) is 12.5. The van der Waals surface area contributed by atoms with Crippen molar-refractivity contribution < 1.29 is 9.53 Å². The minimum atomic E-state index is -0.135. The molecule has 0 unspecified atom stereocenters. The Labute approximate surface area is 93.1 Å². The molecule has 0 aromatic carbocycles. The molecule has 0 radical (unpaired) electrons. The van der Waals surface area contributed by atoms with Gasteiger partial charge in [0.1, 0.15) is 6.04 Å². The molecule has 0 aliphatic heterocycles. The van der Waals surface area contributed by atoms with Crippen LogP contribution in [0.15, 0.2) is 12.7 Å². The highest BCUT2D eigenvalue weighted by molar-refractivity contribution is 5.75. The maximum Gasteiger partial charge on any atom is 0.323 e. The molecule has 3 heteroatoms. The molecule has 0 spiro atoms. The molecule has 88 valence electrons. The van der Waals surface area contributed by atoms with E-state index in [1.54, 1.807) is 0 Å². The van der Waals surface area contributed by atoms with Crippen LogP contribution in [0.1, 0.15) is 32.1 Å². The number of esters is 1. The first-order valence-corrected chi connectivity index (χ1v) is 5.48. The van der Waals surface area contributed by atoms with Gasteiger partial charge in [-0.15, -0.1) is 6.58 Å². The number of hydrogen-bond acceptors (Lipinski definition) is 3. The standard InChI is InChI=1S/C12H23NO2/c1-5-6-7-8-9-10-11(13(2)3)12(14)15-4/h5,11H,1,6-10H2,2-4H3/t11-/m1/s1. The molecular weight excluding hydrogens is 190 g/mol. The molecule has 0 bridgehead atoms. The Morgan fingerprint density at radius 1 is 1.40 bits per heavy atom. The summed E-state index contributed by atoms with van der Waals surface area (Å²) in [4.78, 5) is 13.3. The van der Waals surface area contributed by atoms with Crippen LogP contribution in [0.25, 0.3) is 0 Å². The SMILES string of the molecule is C=CCCCCC[C@H](C(=O)OC)N(C)C. The third-order valence-corrected chi connectivity index (χ3v) is 2.48. The van der Waals surface area contributed by atoms with Gasteiger partial charge in [-0.1, -0.05) is 18.9 Å². The Morgan fingerprint density at radius 3 is 2.53 bits per heavy atom. The summed E-state index contributed by atoms with van der Waals surface area (Å²) in [6, 6.07) is -0.0984. The van der Waals surface area contributed by atoms with Crippen LogP contribution in [-0.4, -0.2) is 38.1 Å². The third-order valence-electron chi connectivity index (χ3n) is 2.48. The summed E-state index contributed by atoms with van der Waals surface area (Å²) in [6.45, 7) is 3.68. The topological polar surface area (TPSA) is 29.5 Å². The number of nitrogens with zero attached hydrogens (tertiary/aromatic N) is 1. The summed E-state index contributed by atoms with van der Waals surface area (Å²) in [7, 11) is 5.26. The van der Waals surface area contributed by atoms with Gasteiger partial charge in [-0.05, 0) is 33.4 Å². The Kier molecular flexibility index (Phi) is 8.01. The molecule has 0 fully saturated rings. The van der Waals surface area contributed by atoms with Crippen LogP contribution in [0, 0.1) is 0 Å². The number of likely N-dealkylation sites (N-methyl/N-ethyl adjacent to an activating group) is 1. The van der Waals surface area contributed by atoms with Crippen molar-refractivity contribution in [3.05, 3.63) is 12.7 Å². The van der Waals surface area contributed by atoms with Gasteiger partial charge in [0.2, 0.25) is 0 Å². The first kappa shape index (κ1) is 14.2. The lowest BCUT2D eigenvalue weighted by molar-refractivity contribution is -0.146. The summed E-state index contributed by atoms with van der Waals surface area (Å²) in [5.41, 5.74) is 0. The average molecular weight is 213 g/mol. The maximum absolute atomic E-state index is 11.4. The van der Waals surface area contributed by atoms with Crippen molar-refractivity contribution in [3.8, 4) is 0 Å². The monoisotopic (exact) mass is 213 g/mol. The van der Waals surface area contributed by atoms with Crippen molar-refractivity contribution in [2.45, 2.75) is 38.1 Å². The second-order valence-electron chi connectivity index (χ2n) is 3.93. The molecule has 3 nitrogen and oxygen atoms in total. The summed E-state index contributed by atoms with van der Waals surface area (Å²) >= 11 is 0. The van der Waals surface area contributed by atoms with E-state index in [2.05, 4.69) is 6.58 Å². The zero-order valence-corrected chi connectivity index (χ0v) is 10.2. The second-order valence-corrected chi connectivity index (χ2v) is 3.93. The number of methoxy groups -OCH3 is 1. The largest absolute Gasteiger partial charge is 0.468 e. The Bertz CT molecular complexity index is 190. The molecular formula is C12H23NO2. The molecule has 1 atom stereocenters. The number of unbranched alkanes of at least 4 members (excludes halogenated alkanes) is 3. The lowest BCUT2D eigenvalue weighted by Crippen LogP contribution is -2.36. The van der Waals surface area contributed by atoms with Gasteiger partial charge in [0.25, 0.3) is 0 Å². The summed E-state index contributed by atoms with van der Waals surface area (Å²) < 4.78 is 4.76. The molecule has 0 N–H and O–H groups in total. The quantitative estimate of drug-likeness (QED) is 0.352. The van der Waals surface area contributed by atoms with Crippen molar-refractivity contribution in [1.29, 1.82) is 0 Å². The minimum Gasteiger partial charge on any atom is -0.468 e. The van der Waals surface area contributed by atoms with E-state index >= 15 is 0 Å². The van der Waals surface area contributed by atoms with Crippen molar-refractivity contribution in [3.63, 3.8) is 0 Å². The predicted octanol–water partition coefficient (Wildman–Crippen LogP) is 2.23. The van der Waals surface area contributed by atoms with Gasteiger partial charge >= 0.3 is 5.97 Å². The number of ether oxygens (including phenoxy) is 1. The van der Waals surface area contributed by atoms with Gasteiger partial charge in [-0.3, -0.25) is 9.69 Å². The van der Waals surface area contributed by atoms with E-state index in [1.807, 2.05) is 25.1 Å². The highest BCUT2D eigenvalue weighted by Crippen LogP contribution is 2.10. The molecule has 0 saturated carbocycles. The Hall–Kier alpha value is -0.830. The number of carbonyl (C=O) groups is 1. The number of allylic oxidation sites excluding steroid dienone is 1. The number of carbonyl (C=O) groups excluding carboxylic acids is 1. The lowest BCUT2D eigenvalue weighted by Gasteiger charge is -2.21. The van der Waals surface area contributed by atoms with Crippen LogP contribution in [-0.2, 0) is 9.53 Å². The van der Waals surface area contributed by atoms with E-state index in [9.17, 15) is 4.79 Å². The summed E-state index contributed by atoms with van der Waals surface area (Å²) in [5.74, 6) is -0.135. The molecule has 15 heavy (non-hydrogen) atoms. The highest BCUT2D eigenvalue weighted by Gasteiger charge is 2.20. The molecule has 0 aromatic heterocycles. The van der Waals surface area contributed by atoms with E-state index < -0.39 is 0 Å². The van der Waals surface area contributed by atoms with Crippen molar-refractivity contribution in [2.75, 3.05) is 21.2 Å². The van der Waals surface area contributed by atoms with E-state index in [-0.39, 0.29) is 12.0 Å². The van der Waals surface area contributed by atoms with Gasteiger partial charge in [0.05, 0.1) is 7.11 Å². The van der Waals surface area contributed by atoms with Gasteiger partial charge in [-0.2, -0.15) is 0 Å². The first-order valence-electron chi connectivity index (χ1n) is 5.48. The molecule has 0 rings (SSSR count). The molecule has 0 saturated heterocycles. The number of hydrogen-bond donors (Lipinski definition) is 0. The zero-order chi connectivity index (χ0) is 11.7. The van der Waals surface area contributed by atoms with Crippen LogP contribution >= 0.6 is 0 Å². The van der Waals surface area contributed by atoms with Gasteiger partial charge in [0.15, 0.2) is 0 Å². The fraction of sp³-hybridized carbons (Fsp3) is 0.750. The molecule has 0 aliphatic carbocycles. The van der Waals surface area contributed by atoms with Crippen LogP contribution in [0.4, 0.5) is 0 Å². The van der Waals surface area contributed by atoms with Crippen LogP contribution in [0.2, 0.25) is 0 Å². The van der Waals surface area contributed by atoms with Crippen molar-refractivity contribution in [2.24, 2.45) is 0 Å².